The number of nitrogens with zero attached hydrogens (tertiary/aromatic N) is 3. The van der Waals surface area contributed by atoms with Crippen molar-refractivity contribution in [2.24, 2.45) is 0 Å². The molecule has 4 heteroatoms. The smallest absolute Gasteiger partial charge is 0.239 e. The van der Waals surface area contributed by atoms with Crippen molar-refractivity contribution in [3.63, 3.8) is 0 Å². The Balaban J connectivity index is 2.28. The van der Waals surface area contributed by atoms with Gasteiger partial charge in [0.25, 0.3) is 0 Å². The minimum absolute atomic E-state index is 0.242. The lowest BCUT2D eigenvalue weighted by atomic mass is 10.1. The van der Waals surface area contributed by atoms with E-state index < -0.39 is 0 Å². The minimum atomic E-state index is 0.242. The second-order valence-electron chi connectivity index (χ2n) is 3.78. The molecule has 0 radical (unpaired) electrons. The summed E-state index contributed by atoms with van der Waals surface area (Å²) in [6.07, 6.45) is 2.88. The van der Waals surface area contributed by atoms with E-state index in [-0.39, 0.29) is 5.69 Å². The third-order valence-electron chi connectivity index (χ3n) is 2.14. The molecular weight excluding hydrogens is 214 g/mol. The minimum Gasteiger partial charge on any atom is -0.437 e. The highest BCUT2D eigenvalue weighted by molar-refractivity contribution is 5.35. The van der Waals surface area contributed by atoms with Gasteiger partial charge in [0.15, 0.2) is 5.69 Å². The van der Waals surface area contributed by atoms with Gasteiger partial charge in [-0.05, 0) is 37.1 Å². The molecule has 1 heterocycles. The molecule has 0 saturated carbocycles. The first-order chi connectivity index (χ1) is 8.17. The van der Waals surface area contributed by atoms with E-state index in [1.54, 1.807) is 0 Å². The highest BCUT2D eigenvalue weighted by Gasteiger charge is 2.02. The number of hydrogen-bond donors (Lipinski definition) is 0. The summed E-state index contributed by atoms with van der Waals surface area (Å²) in [4.78, 5) is 7.89. The summed E-state index contributed by atoms with van der Waals surface area (Å²) in [6.45, 7) is 3.99. The summed E-state index contributed by atoms with van der Waals surface area (Å²) in [5, 5.41) is 8.71. The zero-order chi connectivity index (χ0) is 12.3. The summed E-state index contributed by atoms with van der Waals surface area (Å²) in [5.41, 5.74) is 2.47. The molecule has 0 aliphatic heterocycles. The second-order valence-corrected chi connectivity index (χ2v) is 3.78. The number of nitriles is 1. The molecule has 2 aromatic rings. The number of aryl methyl sites for hydroxylation is 2. The molecule has 0 spiro atoms. The lowest BCUT2D eigenvalue weighted by molar-refractivity contribution is 0.459. The Morgan fingerprint density at radius 1 is 1.12 bits per heavy atom. The van der Waals surface area contributed by atoms with Crippen molar-refractivity contribution in [2.45, 2.75) is 13.8 Å². The van der Waals surface area contributed by atoms with Gasteiger partial charge in [-0.25, -0.2) is 0 Å². The zero-order valence-corrected chi connectivity index (χ0v) is 9.64. The highest BCUT2D eigenvalue weighted by Crippen LogP contribution is 2.21. The Morgan fingerprint density at radius 2 is 1.82 bits per heavy atom. The van der Waals surface area contributed by atoms with Crippen LogP contribution in [0.5, 0.6) is 11.6 Å². The van der Waals surface area contributed by atoms with Crippen LogP contribution in [0.1, 0.15) is 16.8 Å². The van der Waals surface area contributed by atoms with Gasteiger partial charge in [0.2, 0.25) is 5.88 Å². The van der Waals surface area contributed by atoms with Crippen molar-refractivity contribution in [3.05, 3.63) is 47.4 Å². The summed E-state index contributed by atoms with van der Waals surface area (Å²) >= 11 is 0. The first-order valence-corrected chi connectivity index (χ1v) is 5.15. The van der Waals surface area contributed by atoms with Crippen LogP contribution in [0.25, 0.3) is 0 Å². The van der Waals surface area contributed by atoms with Crippen LogP contribution in [0.15, 0.2) is 30.6 Å². The highest BCUT2D eigenvalue weighted by atomic mass is 16.5. The monoisotopic (exact) mass is 225 g/mol. The fourth-order valence-electron chi connectivity index (χ4n) is 1.56. The van der Waals surface area contributed by atoms with Crippen LogP contribution in [0.3, 0.4) is 0 Å². The zero-order valence-electron chi connectivity index (χ0n) is 9.64. The van der Waals surface area contributed by atoms with E-state index in [1.165, 1.54) is 12.4 Å². The van der Waals surface area contributed by atoms with Gasteiger partial charge in [-0.2, -0.15) is 10.2 Å². The number of rotatable bonds is 2. The lowest BCUT2D eigenvalue weighted by Gasteiger charge is -2.06. The molecule has 84 valence electrons. The quantitative estimate of drug-likeness (QED) is 0.788. The Kier molecular flexibility index (Phi) is 3.01. The number of aromatic nitrogens is 2. The van der Waals surface area contributed by atoms with Crippen LogP contribution >= 0.6 is 0 Å². The van der Waals surface area contributed by atoms with Gasteiger partial charge in [-0.15, -0.1) is 0 Å². The van der Waals surface area contributed by atoms with Gasteiger partial charge >= 0.3 is 0 Å². The first kappa shape index (κ1) is 11.1. The maximum absolute atomic E-state index is 8.71. The summed E-state index contributed by atoms with van der Waals surface area (Å²) in [7, 11) is 0. The van der Waals surface area contributed by atoms with Crippen molar-refractivity contribution in [2.75, 3.05) is 0 Å². The molecule has 0 N–H and O–H groups in total. The fourth-order valence-corrected chi connectivity index (χ4v) is 1.56. The molecule has 0 unspecified atom stereocenters. The summed E-state index contributed by atoms with van der Waals surface area (Å²) in [5.74, 6) is 1.03. The fraction of sp³-hybridized carbons (Fsp3) is 0.154. The van der Waals surface area contributed by atoms with Crippen molar-refractivity contribution in [1.82, 2.24) is 9.97 Å². The van der Waals surface area contributed by atoms with Gasteiger partial charge in [0.1, 0.15) is 11.8 Å². The summed E-state index contributed by atoms with van der Waals surface area (Å²) in [6, 6.07) is 7.80. The molecule has 0 atom stereocenters. The van der Waals surface area contributed by atoms with E-state index in [0.717, 1.165) is 11.1 Å². The van der Waals surface area contributed by atoms with Crippen molar-refractivity contribution in [3.8, 4) is 17.7 Å². The van der Waals surface area contributed by atoms with Gasteiger partial charge in [0.05, 0.1) is 12.4 Å². The molecule has 17 heavy (non-hydrogen) atoms. The van der Waals surface area contributed by atoms with Gasteiger partial charge in [-0.3, -0.25) is 4.98 Å². The van der Waals surface area contributed by atoms with E-state index >= 15 is 0 Å². The summed E-state index contributed by atoms with van der Waals surface area (Å²) < 4.78 is 5.56. The van der Waals surface area contributed by atoms with Gasteiger partial charge in [0, 0.05) is 0 Å². The lowest BCUT2D eigenvalue weighted by Crippen LogP contribution is -1.92. The Bertz CT molecular complexity index is 567. The maximum Gasteiger partial charge on any atom is 0.239 e. The first-order valence-electron chi connectivity index (χ1n) is 5.15. The predicted octanol–water partition coefficient (Wildman–Crippen LogP) is 2.76. The number of ether oxygens (including phenoxy) is 1. The van der Waals surface area contributed by atoms with E-state index in [1.807, 2.05) is 32.0 Å². The molecular formula is C13H11N3O. The molecule has 4 nitrogen and oxygen atoms in total. The average Bonchev–Trinajstić information content (AvgIpc) is 2.28. The Labute approximate surface area is 99.5 Å². The number of benzene rings is 1. The molecule has 0 amide bonds. The van der Waals surface area contributed by atoms with Gasteiger partial charge in [-0.1, -0.05) is 6.07 Å². The van der Waals surface area contributed by atoms with Crippen molar-refractivity contribution in [1.29, 1.82) is 5.26 Å². The largest absolute Gasteiger partial charge is 0.437 e. The van der Waals surface area contributed by atoms with Gasteiger partial charge < -0.3 is 4.74 Å². The maximum atomic E-state index is 8.71. The average molecular weight is 225 g/mol. The SMILES string of the molecule is Cc1cc(C)cc(Oc2cncc(C#N)n2)c1. The van der Waals surface area contributed by atoms with E-state index in [4.69, 9.17) is 10.00 Å². The van der Waals surface area contributed by atoms with E-state index in [0.29, 0.717) is 11.6 Å². The molecule has 0 bridgehead atoms. The third-order valence-corrected chi connectivity index (χ3v) is 2.14. The Hall–Kier alpha value is -2.41. The normalized spacial score (nSPS) is 9.71. The van der Waals surface area contributed by atoms with Crippen LogP contribution in [-0.2, 0) is 0 Å². The van der Waals surface area contributed by atoms with Crippen LogP contribution in [0.4, 0.5) is 0 Å². The molecule has 1 aromatic heterocycles. The van der Waals surface area contributed by atoms with Crippen LogP contribution in [-0.4, -0.2) is 9.97 Å². The van der Waals surface area contributed by atoms with Crippen LogP contribution < -0.4 is 4.74 Å². The second kappa shape index (κ2) is 4.62. The molecule has 0 fully saturated rings. The number of hydrogen-bond acceptors (Lipinski definition) is 4. The molecule has 2 rings (SSSR count). The molecule has 1 aromatic carbocycles. The standard InChI is InChI=1S/C13H11N3O/c1-9-3-10(2)5-12(4-9)17-13-8-15-7-11(6-14)16-13/h3-5,7-8H,1-2H3. The van der Waals surface area contributed by atoms with Crippen molar-refractivity contribution < 1.29 is 4.74 Å². The van der Waals surface area contributed by atoms with E-state index in [9.17, 15) is 0 Å². The molecule has 0 aliphatic carbocycles. The molecule has 0 aliphatic rings. The van der Waals surface area contributed by atoms with E-state index in [2.05, 4.69) is 16.0 Å². The third kappa shape index (κ3) is 2.79. The topological polar surface area (TPSA) is 58.8 Å². The van der Waals surface area contributed by atoms with Crippen LogP contribution in [0, 0.1) is 25.2 Å². The van der Waals surface area contributed by atoms with Crippen LogP contribution in [0.2, 0.25) is 0 Å². The predicted molar refractivity (Wildman–Crippen MR) is 62.7 cm³/mol. The Morgan fingerprint density at radius 3 is 2.47 bits per heavy atom. The molecule has 0 saturated heterocycles. The van der Waals surface area contributed by atoms with Crippen molar-refractivity contribution >= 4 is 0 Å².